The van der Waals surface area contributed by atoms with E-state index in [2.05, 4.69) is 15.3 Å². The van der Waals surface area contributed by atoms with Crippen LogP contribution in [0.15, 0.2) is 23.3 Å². The predicted molar refractivity (Wildman–Crippen MR) is 82.2 cm³/mol. The Morgan fingerprint density at radius 2 is 2.14 bits per heavy atom. The molecule has 7 nitrogen and oxygen atoms in total. The molecule has 0 aliphatic heterocycles. The Morgan fingerprint density at radius 1 is 1.41 bits per heavy atom. The van der Waals surface area contributed by atoms with Crippen LogP contribution >= 0.6 is 0 Å². The van der Waals surface area contributed by atoms with Gasteiger partial charge < -0.3 is 10.2 Å². The number of pyridine rings is 1. The molecule has 0 atom stereocenters. The summed E-state index contributed by atoms with van der Waals surface area (Å²) in [7, 11) is 3.17. The van der Waals surface area contributed by atoms with E-state index in [9.17, 15) is 9.59 Å². The Labute approximate surface area is 128 Å². The number of hydrogen-bond donors (Lipinski definition) is 1. The highest BCUT2D eigenvalue weighted by Gasteiger charge is 2.12. The summed E-state index contributed by atoms with van der Waals surface area (Å²) in [6.07, 6.45) is 3.39. The first-order chi connectivity index (χ1) is 10.4. The van der Waals surface area contributed by atoms with Crippen LogP contribution in [0.25, 0.3) is 0 Å². The van der Waals surface area contributed by atoms with Crippen LogP contribution in [0, 0.1) is 13.8 Å². The summed E-state index contributed by atoms with van der Waals surface area (Å²) in [6, 6.07) is 1.79. The average molecular weight is 304 g/mol. The third kappa shape index (κ3) is 3.19. The summed E-state index contributed by atoms with van der Waals surface area (Å²) >= 11 is 0. The number of aromatic nitrogens is 3. The molecular formula is C15H20N4O3. The molecule has 2 rings (SSSR count). The first-order valence-electron chi connectivity index (χ1n) is 6.93. The highest BCUT2D eigenvalue weighted by atomic mass is 16.5. The lowest BCUT2D eigenvalue weighted by atomic mass is 10.1. The molecule has 22 heavy (non-hydrogen) atoms. The molecule has 0 spiro atoms. The summed E-state index contributed by atoms with van der Waals surface area (Å²) in [5, 5.41) is 4.16. The van der Waals surface area contributed by atoms with Gasteiger partial charge in [-0.15, -0.1) is 0 Å². The molecule has 2 heterocycles. The number of carbonyl (C=O) groups excluding carboxylic acids is 1. The number of nitrogens with one attached hydrogen (secondary N) is 1. The van der Waals surface area contributed by atoms with Gasteiger partial charge in [0, 0.05) is 30.1 Å². The Balaban J connectivity index is 2.21. The molecule has 0 bridgehead atoms. The van der Waals surface area contributed by atoms with Crippen molar-refractivity contribution in [2.45, 2.75) is 26.8 Å². The highest BCUT2D eigenvalue weighted by Crippen LogP contribution is 2.06. The number of rotatable bonds is 5. The molecule has 7 heteroatoms. The van der Waals surface area contributed by atoms with Crippen molar-refractivity contribution in [3.8, 4) is 0 Å². The Kier molecular flexibility index (Phi) is 4.65. The third-order valence-electron chi connectivity index (χ3n) is 3.75. The van der Waals surface area contributed by atoms with Gasteiger partial charge in [0.1, 0.15) is 0 Å². The van der Waals surface area contributed by atoms with Crippen molar-refractivity contribution in [2.24, 2.45) is 7.05 Å². The number of hydrogen-bond acceptors (Lipinski definition) is 5. The lowest BCUT2D eigenvalue weighted by Crippen LogP contribution is -2.32. The van der Waals surface area contributed by atoms with Crippen molar-refractivity contribution in [2.75, 3.05) is 12.5 Å². The second-order valence-corrected chi connectivity index (χ2v) is 5.12. The maximum atomic E-state index is 12.4. The van der Waals surface area contributed by atoms with Crippen LogP contribution in [0.4, 0.5) is 0 Å². The molecule has 0 saturated heterocycles. The van der Waals surface area contributed by atoms with Gasteiger partial charge in [-0.3, -0.25) is 14.3 Å². The van der Waals surface area contributed by atoms with E-state index in [1.54, 1.807) is 30.1 Å². The fourth-order valence-electron chi connectivity index (χ4n) is 2.11. The summed E-state index contributed by atoms with van der Waals surface area (Å²) in [5.74, 6) is -0.430. The van der Waals surface area contributed by atoms with Crippen molar-refractivity contribution in [3.05, 3.63) is 51.2 Å². The van der Waals surface area contributed by atoms with Crippen LogP contribution in [-0.4, -0.2) is 27.5 Å². The number of nitrogens with zero attached hydrogens (tertiary/aromatic N) is 3. The molecule has 0 aliphatic rings. The molecule has 0 aromatic carbocycles. The zero-order valence-corrected chi connectivity index (χ0v) is 13.2. The SMILES string of the molecule is COC(=O)Cc1c(C)ccn(NCc2cnn(C)c2C)c1=O. The molecule has 0 fully saturated rings. The topological polar surface area (TPSA) is 78.2 Å². The number of ether oxygens (including phenoxy) is 1. The van der Waals surface area contributed by atoms with Gasteiger partial charge in [-0.25, -0.2) is 4.68 Å². The molecule has 0 saturated carbocycles. The lowest BCUT2D eigenvalue weighted by molar-refractivity contribution is -0.139. The largest absolute Gasteiger partial charge is 0.469 e. The van der Waals surface area contributed by atoms with E-state index < -0.39 is 5.97 Å². The van der Waals surface area contributed by atoms with Gasteiger partial charge in [-0.1, -0.05) is 0 Å². The van der Waals surface area contributed by atoms with Crippen LogP contribution in [0.5, 0.6) is 0 Å². The van der Waals surface area contributed by atoms with Crippen LogP contribution in [0.1, 0.15) is 22.4 Å². The van der Waals surface area contributed by atoms with Gasteiger partial charge in [0.2, 0.25) is 0 Å². The maximum Gasteiger partial charge on any atom is 0.310 e. The molecule has 2 aromatic heterocycles. The minimum absolute atomic E-state index is 0.0321. The van der Waals surface area contributed by atoms with Gasteiger partial charge in [-0.05, 0) is 25.5 Å². The second kappa shape index (κ2) is 6.46. The fraction of sp³-hybridized carbons (Fsp3) is 0.400. The van der Waals surface area contributed by atoms with Crippen molar-refractivity contribution in [1.29, 1.82) is 0 Å². The van der Waals surface area contributed by atoms with Gasteiger partial charge in [0.15, 0.2) is 0 Å². The van der Waals surface area contributed by atoms with E-state index in [1.807, 2.05) is 14.0 Å². The lowest BCUT2D eigenvalue weighted by Gasteiger charge is -2.12. The molecule has 2 aromatic rings. The molecule has 0 unspecified atom stereocenters. The Hall–Kier alpha value is -2.57. The average Bonchev–Trinajstić information content (AvgIpc) is 2.82. The quantitative estimate of drug-likeness (QED) is 0.821. The maximum absolute atomic E-state index is 12.4. The molecule has 1 N–H and O–H groups in total. The van der Waals surface area contributed by atoms with Crippen molar-refractivity contribution >= 4 is 5.97 Å². The highest BCUT2D eigenvalue weighted by molar-refractivity contribution is 5.72. The summed E-state index contributed by atoms with van der Waals surface area (Å²) in [4.78, 5) is 23.8. The van der Waals surface area contributed by atoms with Crippen molar-refractivity contribution < 1.29 is 9.53 Å². The molecule has 0 amide bonds. The first-order valence-corrected chi connectivity index (χ1v) is 6.93. The molecule has 0 aliphatic carbocycles. The normalized spacial score (nSPS) is 10.5. The van der Waals surface area contributed by atoms with Gasteiger partial charge >= 0.3 is 5.97 Å². The summed E-state index contributed by atoms with van der Waals surface area (Å²) in [6.45, 7) is 4.24. The van der Waals surface area contributed by atoms with E-state index in [4.69, 9.17) is 0 Å². The van der Waals surface area contributed by atoms with E-state index in [1.165, 1.54) is 11.8 Å². The standard InChI is InChI=1S/C15H20N4O3/c1-10-5-6-19(15(21)13(10)7-14(20)22-4)17-9-12-8-16-18(3)11(12)2/h5-6,8,17H,7,9H2,1-4H3. The number of methoxy groups -OCH3 is 1. The van der Waals surface area contributed by atoms with Gasteiger partial charge in [0.05, 0.1) is 26.3 Å². The Bertz CT molecular complexity index is 746. The smallest absolute Gasteiger partial charge is 0.310 e. The Morgan fingerprint density at radius 3 is 2.73 bits per heavy atom. The van der Waals surface area contributed by atoms with Gasteiger partial charge in [-0.2, -0.15) is 5.10 Å². The number of aryl methyl sites for hydroxylation is 2. The minimum Gasteiger partial charge on any atom is -0.469 e. The second-order valence-electron chi connectivity index (χ2n) is 5.12. The summed E-state index contributed by atoms with van der Waals surface area (Å²) < 4.78 is 7.80. The number of esters is 1. The monoisotopic (exact) mass is 304 g/mol. The summed E-state index contributed by atoms with van der Waals surface area (Å²) in [5.41, 5.74) is 6.04. The zero-order chi connectivity index (χ0) is 16.3. The molecule has 118 valence electrons. The zero-order valence-electron chi connectivity index (χ0n) is 13.2. The van der Waals surface area contributed by atoms with Crippen molar-refractivity contribution in [3.63, 3.8) is 0 Å². The van der Waals surface area contributed by atoms with Crippen LogP contribution in [-0.2, 0) is 29.5 Å². The van der Waals surface area contributed by atoms with Gasteiger partial charge in [0.25, 0.3) is 5.56 Å². The van der Waals surface area contributed by atoms with Crippen LogP contribution < -0.4 is 11.0 Å². The van der Waals surface area contributed by atoms with Crippen LogP contribution in [0.3, 0.4) is 0 Å². The minimum atomic E-state index is -0.430. The first kappa shape index (κ1) is 15.8. The molecule has 0 radical (unpaired) electrons. The molecular weight excluding hydrogens is 284 g/mol. The van der Waals surface area contributed by atoms with Crippen LogP contribution in [0.2, 0.25) is 0 Å². The van der Waals surface area contributed by atoms with Crippen molar-refractivity contribution in [1.82, 2.24) is 14.5 Å². The van der Waals surface area contributed by atoms with E-state index in [0.29, 0.717) is 12.1 Å². The number of carbonyl (C=O) groups is 1. The van der Waals surface area contributed by atoms with E-state index in [0.717, 1.165) is 16.8 Å². The van der Waals surface area contributed by atoms with E-state index in [-0.39, 0.29) is 12.0 Å². The third-order valence-corrected chi connectivity index (χ3v) is 3.75. The van der Waals surface area contributed by atoms with E-state index >= 15 is 0 Å². The fourth-order valence-corrected chi connectivity index (χ4v) is 2.11. The predicted octanol–water partition coefficient (Wildman–Crippen LogP) is 0.658.